The minimum absolute atomic E-state index is 0.112. The van der Waals surface area contributed by atoms with Crippen LogP contribution in [0.3, 0.4) is 0 Å². The summed E-state index contributed by atoms with van der Waals surface area (Å²) in [6.07, 6.45) is 1.07. The number of ketones is 1. The Bertz CT molecular complexity index is 1220. The summed E-state index contributed by atoms with van der Waals surface area (Å²) in [5, 5.41) is 18.3. The number of aliphatic carboxylic acids is 1. The summed E-state index contributed by atoms with van der Waals surface area (Å²) < 4.78 is 15.7. The van der Waals surface area contributed by atoms with Crippen molar-refractivity contribution in [1.82, 2.24) is 0 Å². The van der Waals surface area contributed by atoms with Crippen molar-refractivity contribution in [3.8, 4) is 11.8 Å². The van der Waals surface area contributed by atoms with Gasteiger partial charge in [-0.25, -0.2) is 14.4 Å². The van der Waals surface area contributed by atoms with Crippen LogP contribution in [0.4, 0.5) is 0 Å². The molecule has 11 heteroatoms. The van der Waals surface area contributed by atoms with E-state index in [2.05, 4.69) is 15.9 Å². The second-order valence-corrected chi connectivity index (χ2v) is 8.90. The molecule has 1 aromatic heterocycles. The van der Waals surface area contributed by atoms with Gasteiger partial charge in [-0.05, 0) is 66.0 Å². The van der Waals surface area contributed by atoms with E-state index >= 15 is 0 Å². The number of nitrogens with zero attached hydrogens (tertiary/aromatic N) is 1. The highest BCUT2D eigenvalue weighted by Gasteiger charge is 2.28. The monoisotopic (exact) mass is 563 g/mol. The van der Waals surface area contributed by atoms with Gasteiger partial charge in [-0.15, -0.1) is 11.3 Å². The van der Waals surface area contributed by atoms with Crippen molar-refractivity contribution < 1.29 is 38.5 Å². The molecule has 35 heavy (non-hydrogen) atoms. The SMILES string of the molecule is CCOC(=O)c1sc(CC(=O)/C(C#N)=C\c2ccc(OCC(=O)O)c(Br)c2)c(C(=O)OCC)c1C. The minimum atomic E-state index is -1.13. The lowest BCUT2D eigenvalue weighted by Crippen LogP contribution is -2.12. The maximum Gasteiger partial charge on any atom is 0.348 e. The number of esters is 2. The zero-order valence-corrected chi connectivity index (χ0v) is 21.6. The van der Waals surface area contributed by atoms with Crippen LogP contribution >= 0.6 is 27.3 Å². The smallest absolute Gasteiger partial charge is 0.348 e. The number of halogens is 1. The topological polar surface area (TPSA) is 140 Å². The number of nitriles is 1. The fourth-order valence-electron chi connectivity index (χ4n) is 3.01. The molecule has 2 rings (SSSR count). The molecule has 0 spiro atoms. The lowest BCUT2D eigenvalue weighted by atomic mass is 10.0. The lowest BCUT2D eigenvalue weighted by molar-refractivity contribution is -0.139. The molecule has 0 aliphatic carbocycles. The first-order valence-corrected chi connectivity index (χ1v) is 12.0. The first-order valence-electron chi connectivity index (χ1n) is 10.4. The van der Waals surface area contributed by atoms with Gasteiger partial charge in [0, 0.05) is 11.3 Å². The van der Waals surface area contributed by atoms with Gasteiger partial charge in [-0.2, -0.15) is 5.26 Å². The molecule has 0 aliphatic rings. The first-order chi connectivity index (χ1) is 16.6. The summed E-state index contributed by atoms with van der Waals surface area (Å²) in [5.74, 6) is -2.67. The zero-order chi connectivity index (χ0) is 26.1. The highest BCUT2D eigenvalue weighted by atomic mass is 79.9. The molecule has 0 saturated heterocycles. The Balaban J connectivity index is 2.37. The van der Waals surface area contributed by atoms with Crippen molar-refractivity contribution in [2.24, 2.45) is 0 Å². The van der Waals surface area contributed by atoms with Gasteiger partial charge >= 0.3 is 17.9 Å². The first kappa shape index (κ1) is 27.8. The van der Waals surface area contributed by atoms with E-state index in [0.29, 0.717) is 20.5 Å². The molecule has 1 heterocycles. The third-order valence-electron chi connectivity index (χ3n) is 4.52. The summed E-state index contributed by atoms with van der Waals surface area (Å²) in [7, 11) is 0. The number of Topliss-reactive ketones (excluding diaryl/α,β-unsaturated/α-hetero) is 1. The molecule has 0 bridgehead atoms. The number of thiophene rings is 1. The molecule has 1 aromatic carbocycles. The molecular weight excluding hydrogens is 542 g/mol. The number of allylic oxidation sites excluding steroid dienone is 1. The summed E-state index contributed by atoms with van der Waals surface area (Å²) in [6.45, 7) is 4.62. The van der Waals surface area contributed by atoms with Gasteiger partial charge in [-0.1, -0.05) is 6.07 Å². The van der Waals surface area contributed by atoms with E-state index in [1.807, 2.05) is 6.07 Å². The molecule has 0 aliphatic heterocycles. The predicted molar refractivity (Wildman–Crippen MR) is 131 cm³/mol. The highest BCUT2D eigenvalue weighted by Crippen LogP contribution is 2.31. The molecule has 0 amide bonds. The van der Waals surface area contributed by atoms with Crippen LogP contribution in [0.5, 0.6) is 5.75 Å². The molecule has 0 radical (unpaired) electrons. The van der Waals surface area contributed by atoms with Crippen molar-refractivity contribution in [2.75, 3.05) is 19.8 Å². The van der Waals surface area contributed by atoms with Gasteiger partial charge in [0.2, 0.25) is 0 Å². The van der Waals surface area contributed by atoms with Crippen LogP contribution in [-0.2, 0) is 25.5 Å². The Morgan fingerprint density at radius 1 is 1.14 bits per heavy atom. The number of rotatable bonds is 11. The minimum Gasteiger partial charge on any atom is -0.481 e. The Kier molecular flexibility index (Phi) is 10.2. The van der Waals surface area contributed by atoms with Crippen molar-refractivity contribution in [1.29, 1.82) is 5.26 Å². The Hall–Kier alpha value is -3.49. The number of benzene rings is 1. The maximum atomic E-state index is 13.0. The standard InChI is InChI=1S/C24H22BrNO8S/c1-4-32-23(30)21-13(3)22(24(31)33-5-2)35-19(21)10-17(27)15(11-26)8-14-6-7-18(16(25)9-14)34-12-20(28)29/h6-9H,4-5,10,12H2,1-3H3,(H,28,29)/b15-8-. The predicted octanol–water partition coefficient (Wildman–Crippen LogP) is 4.35. The normalized spacial score (nSPS) is 10.9. The van der Waals surface area contributed by atoms with E-state index in [9.17, 15) is 24.4 Å². The molecule has 0 fully saturated rings. The number of hydrogen-bond acceptors (Lipinski definition) is 9. The largest absolute Gasteiger partial charge is 0.481 e. The van der Waals surface area contributed by atoms with Gasteiger partial charge in [0.1, 0.15) is 16.7 Å². The average molecular weight is 564 g/mol. The van der Waals surface area contributed by atoms with Crippen LogP contribution in [0.15, 0.2) is 28.2 Å². The Labute approximate surface area is 214 Å². The quantitative estimate of drug-likeness (QED) is 0.240. The van der Waals surface area contributed by atoms with E-state index in [1.54, 1.807) is 32.9 Å². The van der Waals surface area contributed by atoms with Gasteiger partial charge in [-0.3, -0.25) is 4.79 Å². The molecule has 0 saturated carbocycles. The van der Waals surface area contributed by atoms with E-state index in [0.717, 1.165) is 11.3 Å². The van der Waals surface area contributed by atoms with E-state index in [-0.39, 0.29) is 41.4 Å². The van der Waals surface area contributed by atoms with Crippen molar-refractivity contribution >= 4 is 57.0 Å². The van der Waals surface area contributed by atoms with Gasteiger partial charge in [0.15, 0.2) is 12.4 Å². The molecule has 184 valence electrons. The van der Waals surface area contributed by atoms with Crippen molar-refractivity contribution in [3.63, 3.8) is 0 Å². The molecule has 2 aromatic rings. The average Bonchev–Trinajstić information content (AvgIpc) is 3.12. The number of hydrogen-bond donors (Lipinski definition) is 1. The van der Waals surface area contributed by atoms with E-state index in [4.69, 9.17) is 19.3 Å². The highest BCUT2D eigenvalue weighted by molar-refractivity contribution is 9.10. The maximum absolute atomic E-state index is 13.0. The van der Waals surface area contributed by atoms with Crippen molar-refractivity contribution in [2.45, 2.75) is 27.2 Å². The Morgan fingerprint density at radius 2 is 1.80 bits per heavy atom. The molecule has 0 unspecified atom stereocenters. The number of carboxylic acid groups (broad SMARTS) is 1. The summed E-state index contributed by atoms with van der Waals surface area (Å²) in [6, 6.07) is 6.50. The van der Waals surface area contributed by atoms with E-state index in [1.165, 1.54) is 12.1 Å². The Morgan fingerprint density at radius 3 is 2.37 bits per heavy atom. The van der Waals surface area contributed by atoms with Crippen molar-refractivity contribution in [3.05, 3.63) is 54.7 Å². The fraction of sp³-hybridized carbons (Fsp3) is 0.292. The summed E-state index contributed by atoms with van der Waals surface area (Å²) in [5.41, 5.74) is 0.797. The number of ether oxygens (including phenoxy) is 3. The van der Waals surface area contributed by atoms with Crippen LogP contribution in [0.25, 0.3) is 6.08 Å². The third-order valence-corrected chi connectivity index (χ3v) is 6.41. The van der Waals surface area contributed by atoms with Gasteiger partial charge < -0.3 is 19.3 Å². The van der Waals surface area contributed by atoms with Gasteiger partial charge in [0.25, 0.3) is 0 Å². The van der Waals surface area contributed by atoms with Gasteiger partial charge in [0.05, 0.1) is 28.8 Å². The van der Waals surface area contributed by atoms with E-state index < -0.39 is 30.3 Å². The molecule has 0 atom stereocenters. The van der Waals surface area contributed by atoms with Crippen LogP contribution in [0.1, 0.15) is 49.9 Å². The second-order valence-electron chi connectivity index (χ2n) is 6.94. The summed E-state index contributed by atoms with van der Waals surface area (Å²) in [4.78, 5) is 49.0. The van der Waals surface area contributed by atoms with Crippen LogP contribution in [0.2, 0.25) is 0 Å². The molecule has 1 N–H and O–H groups in total. The van der Waals surface area contributed by atoms with Crippen LogP contribution in [-0.4, -0.2) is 48.6 Å². The molecule has 9 nitrogen and oxygen atoms in total. The second kappa shape index (κ2) is 12.8. The number of carboxylic acids is 1. The molecular formula is C24H22BrNO8S. The zero-order valence-electron chi connectivity index (χ0n) is 19.2. The number of carbonyl (C=O) groups is 4. The summed E-state index contributed by atoms with van der Waals surface area (Å²) >= 11 is 4.23. The lowest BCUT2D eigenvalue weighted by Gasteiger charge is -2.07. The number of carbonyl (C=O) groups excluding carboxylic acids is 3. The van der Waals surface area contributed by atoms with Crippen LogP contribution < -0.4 is 4.74 Å². The fourth-order valence-corrected chi connectivity index (χ4v) is 4.70. The van der Waals surface area contributed by atoms with Crippen LogP contribution in [0, 0.1) is 18.3 Å². The third kappa shape index (κ3) is 7.24.